The molecule has 0 spiro atoms. The molecule has 214 valence electrons. The topological polar surface area (TPSA) is 154 Å². The summed E-state index contributed by atoms with van der Waals surface area (Å²) in [6.07, 6.45) is 1.69. The molecule has 5 aliphatic rings. The zero-order chi connectivity index (χ0) is 30.1. The van der Waals surface area contributed by atoms with Gasteiger partial charge in [-0.3, -0.25) is 29.0 Å². The molecule has 5 atom stereocenters. The molecule has 0 aromatic carbocycles. The number of aliphatic hydroxyl groups excluding tert-OH is 1. The molecule has 0 aromatic rings. The minimum Gasteiger partial charge on any atom is -0.507 e. The maximum atomic E-state index is 13.8. The quantitative estimate of drug-likeness (QED) is 0.175. The molecule has 11 heteroatoms. The van der Waals surface area contributed by atoms with Crippen molar-refractivity contribution in [1.29, 1.82) is 5.26 Å². The Kier molecular flexibility index (Phi) is 6.96. The number of ether oxygens (including phenoxy) is 2. The van der Waals surface area contributed by atoms with Crippen molar-refractivity contribution in [2.75, 3.05) is 20.8 Å². The first-order valence-electron chi connectivity index (χ1n) is 13.4. The van der Waals surface area contributed by atoms with Gasteiger partial charge in [-0.05, 0) is 47.6 Å². The average Bonchev–Trinajstić information content (AvgIpc) is 2.96. The van der Waals surface area contributed by atoms with Crippen LogP contribution in [-0.4, -0.2) is 95.0 Å². The van der Waals surface area contributed by atoms with Crippen molar-refractivity contribution in [3.63, 3.8) is 0 Å². The van der Waals surface area contributed by atoms with E-state index in [1.165, 1.54) is 21.0 Å². The first-order chi connectivity index (χ1) is 19.4. The standard InChI is InChI=1S/C30H31N3O8/c1-7-12(2)30(39)41-11-20-21-15(24(34)13(3)26(36)27(21)37)9-18-23-22-16(25(35)14(4)29(40-6)28(22)38)8-17(32(23)5)19(10-31)33(18)20/h7,17-20,23,34H,8-9,11H2,1-6H3/b12-7-/t17-,18-,19-,20-,23-/m0/s1. The summed E-state index contributed by atoms with van der Waals surface area (Å²) in [5.41, 5.74) is 1.21. The molecule has 41 heavy (non-hydrogen) atoms. The number of Topliss-reactive ketones (excluding diaryl/α,β-unsaturated/α-hetero) is 4. The summed E-state index contributed by atoms with van der Waals surface area (Å²) in [6, 6.07) is -1.59. The van der Waals surface area contributed by atoms with Gasteiger partial charge in [-0.2, -0.15) is 5.26 Å². The molecule has 1 fully saturated rings. The van der Waals surface area contributed by atoms with E-state index in [1.54, 1.807) is 31.9 Å². The minimum absolute atomic E-state index is 0.0129. The third-order valence-corrected chi connectivity index (χ3v) is 9.16. The molecule has 0 amide bonds. The zero-order valence-electron chi connectivity index (χ0n) is 23.7. The maximum absolute atomic E-state index is 13.8. The van der Waals surface area contributed by atoms with Crippen molar-refractivity contribution in [3.05, 3.63) is 56.6 Å². The van der Waals surface area contributed by atoms with Crippen LogP contribution < -0.4 is 0 Å². The van der Waals surface area contributed by atoms with E-state index < -0.39 is 53.5 Å². The number of allylic oxidation sites excluding steroid dienone is 5. The number of piperazine rings is 1. The Balaban J connectivity index is 1.71. The predicted octanol–water partition coefficient (Wildman–Crippen LogP) is 1.57. The number of aliphatic hydroxyl groups is 1. The Morgan fingerprint density at radius 2 is 1.68 bits per heavy atom. The number of hydrogen-bond donors (Lipinski definition) is 1. The lowest BCUT2D eigenvalue weighted by molar-refractivity contribution is -0.144. The van der Waals surface area contributed by atoms with Crippen LogP contribution in [0.3, 0.4) is 0 Å². The molecule has 2 bridgehead atoms. The van der Waals surface area contributed by atoms with Crippen LogP contribution in [0.5, 0.6) is 0 Å². The van der Waals surface area contributed by atoms with Gasteiger partial charge in [0.15, 0.2) is 11.5 Å². The van der Waals surface area contributed by atoms with E-state index in [1.807, 2.05) is 4.90 Å². The van der Waals surface area contributed by atoms with Gasteiger partial charge in [0.25, 0.3) is 0 Å². The van der Waals surface area contributed by atoms with Crippen LogP contribution in [0.2, 0.25) is 0 Å². The van der Waals surface area contributed by atoms with Gasteiger partial charge in [0.1, 0.15) is 18.4 Å². The molecule has 0 unspecified atom stereocenters. The van der Waals surface area contributed by atoms with Crippen molar-refractivity contribution in [3.8, 4) is 6.07 Å². The van der Waals surface area contributed by atoms with Gasteiger partial charge in [0, 0.05) is 51.1 Å². The van der Waals surface area contributed by atoms with Crippen molar-refractivity contribution in [2.24, 2.45) is 0 Å². The predicted molar refractivity (Wildman–Crippen MR) is 143 cm³/mol. The van der Waals surface area contributed by atoms with Crippen LogP contribution in [0.25, 0.3) is 0 Å². The fourth-order valence-corrected chi connectivity index (χ4v) is 6.93. The van der Waals surface area contributed by atoms with Gasteiger partial charge in [-0.1, -0.05) is 6.08 Å². The second-order valence-corrected chi connectivity index (χ2v) is 11.0. The lowest BCUT2D eigenvalue weighted by Crippen LogP contribution is -2.74. The number of fused-ring (bicyclic) bond motifs is 5. The summed E-state index contributed by atoms with van der Waals surface area (Å²) in [7, 11) is 3.11. The number of ketones is 4. The number of nitriles is 1. The third-order valence-electron chi connectivity index (χ3n) is 9.16. The molecule has 11 nitrogen and oxygen atoms in total. The van der Waals surface area contributed by atoms with Crippen LogP contribution in [-0.2, 0) is 33.4 Å². The van der Waals surface area contributed by atoms with E-state index in [2.05, 4.69) is 6.07 Å². The van der Waals surface area contributed by atoms with Crippen LogP contribution >= 0.6 is 0 Å². The Bertz CT molecular complexity index is 1530. The summed E-state index contributed by atoms with van der Waals surface area (Å²) >= 11 is 0. The zero-order valence-corrected chi connectivity index (χ0v) is 23.7. The molecule has 1 N–H and O–H groups in total. The lowest BCUT2D eigenvalue weighted by Gasteiger charge is -2.60. The van der Waals surface area contributed by atoms with E-state index in [-0.39, 0.29) is 64.6 Å². The van der Waals surface area contributed by atoms with Gasteiger partial charge >= 0.3 is 5.97 Å². The Morgan fingerprint density at radius 1 is 1.02 bits per heavy atom. The number of esters is 1. The Morgan fingerprint density at radius 3 is 2.29 bits per heavy atom. The number of methoxy groups -OCH3 is 1. The maximum Gasteiger partial charge on any atom is 0.333 e. The average molecular weight is 562 g/mol. The first kappa shape index (κ1) is 28.4. The van der Waals surface area contributed by atoms with E-state index in [4.69, 9.17) is 9.47 Å². The normalized spacial score (nSPS) is 30.8. The monoisotopic (exact) mass is 561 g/mol. The molecule has 0 aromatic heterocycles. The Labute approximate surface area is 237 Å². The number of nitrogens with zero attached hydrogens (tertiary/aromatic N) is 3. The first-order valence-corrected chi connectivity index (χ1v) is 13.4. The largest absolute Gasteiger partial charge is 0.507 e. The molecule has 5 rings (SSSR count). The molecular weight excluding hydrogens is 530 g/mol. The summed E-state index contributed by atoms with van der Waals surface area (Å²) in [4.78, 5) is 69.8. The van der Waals surface area contributed by atoms with Crippen molar-refractivity contribution >= 4 is 29.1 Å². The van der Waals surface area contributed by atoms with E-state index >= 15 is 0 Å². The molecule has 3 heterocycles. The second-order valence-electron chi connectivity index (χ2n) is 11.0. The summed E-state index contributed by atoms with van der Waals surface area (Å²) < 4.78 is 10.9. The number of rotatable bonds is 4. The lowest BCUT2D eigenvalue weighted by atomic mass is 9.67. The minimum atomic E-state index is -1.05. The van der Waals surface area contributed by atoms with Crippen molar-refractivity contribution in [2.45, 2.75) is 70.7 Å². The fourth-order valence-electron chi connectivity index (χ4n) is 6.93. The summed E-state index contributed by atoms with van der Waals surface area (Å²) in [5.74, 6) is -3.46. The van der Waals surface area contributed by atoms with Gasteiger partial charge in [0.2, 0.25) is 17.3 Å². The summed E-state index contributed by atoms with van der Waals surface area (Å²) in [6.45, 7) is 5.78. The number of carbonyl (C=O) groups is 5. The van der Waals surface area contributed by atoms with Gasteiger partial charge < -0.3 is 14.6 Å². The highest BCUT2D eigenvalue weighted by atomic mass is 16.5. The highest BCUT2D eigenvalue weighted by Gasteiger charge is 2.59. The van der Waals surface area contributed by atoms with E-state index in [0.29, 0.717) is 11.1 Å². The molecule has 0 saturated carbocycles. The number of likely N-dealkylation sites (N-methyl/N-ethyl adjacent to an activating group) is 1. The van der Waals surface area contributed by atoms with Gasteiger partial charge in [0.05, 0.1) is 25.3 Å². The highest BCUT2D eigenvalue weighted by molar-refractivity contribution is 6.50. The van der Waals surface area contributed by atoms with E-state index in [9.17, 15) is 34.3 Å². The highest BCUT2D eigenvalue weighted by Crippen LogP contribution is 2.49. The van der Waals surface area contributed by atoms with Gasteiger partial charge in [-0.25, -0.2) is 4.79 Å². The van der Waals surface area contributed by atoms with Crippen LogP contribution in [0.15, 0.2) is 56.6 Å². The van der Waals surface area contributed by atoms with Crippen LogP contribution in [0, 0.1) is 11.3 Å². The Hall–Kier alpha value is -4.14. The smallest absolute Gasteiger partial charge is 0.333 e. The SMILES string of the molecule is C/C=C(/C)C(=O)OC[C@H]1C2=C(C[C@H]3[C@H]4C5=C(C[C@@H]([C@H](C#N)N13)N4C)C(=O)C(C)=C(OC)C5=O)C(O)=C(C)C(=O)C2=O. The van der Waals surface area contributed by atoms with Gasteiger partial charge in [-0.15, -0.1) is 0 Å². The molecule has 2 aliphatic carbocycles. The molecule has 3 aliphatic heterocycles. The molecule has 0 radical (unpaired) electrons. The molecule has 1 saturated heterocycles. The van der Waals surface area contributed by atoms with E-state index in [0.717, 1.165) is 0 Å². The second kappa shape index (κ2) is 10.0. The van der Waals surface area contributed by atoms with Crippen molar-refractivity contribution in [1.82, 2.24) is 9.80 Å². The van der Waals surface area contributed by atoms with Crippen molar-refractivity contribution < 1.29 is 38.6 Å². The number of carbonyl (C=O) groups excluding carboxylic acids is 5. The molecular formula is C30H31N3O8. The van der Waals surface area contributed by atoms with Crippen LogP contribution in [0.4, 0.5) is 0 Å². The fraction of sp³-hybridized carbons (Fsp3) is 0.467. The number of hydrogen-bond acceptors (Lipinski definition) is 11. The third kappa shape index (κ3) is 3.89. The van der Waals surface area contributed by atoms with Crippen LogP contribution in [0.1, 0.15) is 40.5 Å². The summed E-state index contributed by atoms with van der Waals surface area (Å²) in [5, 5.41) is 21.6.